The van der Waals surface area contributed by atoms with Crippen molar-refractivity contribution in [3.8, 4) is 0 Å². The second-order valence-electron chi connectivity index (χ2n) is 6.45. The van der Waals surface area contributed by atoms with Crippen molar-refractivity contribution in [3.63, 3.8) is 0 Å². The van der Waals surface area contributed by atoms with E-state index in [2.05, 4.69) is 20.9 Å². The van der Waals surface area contributed by atoms with E-state index in [4.69, 9.17) is 0 Å². The molecule has 0 aliphatic carbocycles. The summed E-state index contributed by atoms with van der Waals surface area (Å²) in [6.45, 7) is 7.16. The fraction of sp³-hybridized carbons (Fsp3) is 0.421. The van der Waals surface area contributed by atoms with Gasteiger partial charge >= 0.3 is 0 Å². The van der Waals surface area contributed by atoms with Crippen molar-refractivity contribution in [2.45, 2.75) is 19.6 Å². The molecule has 0 amide bonds. The number of rotatable bonds is 5. The van der Waals surface area contributed by atoms with Gasteiger partial charge < -0.3 is 5.11 Å². The number of halogens is 1. The van der Waals surface area contributed by atoms with E-state index in [1.54, 1.807) is 12.3 Å². The van der Waals surface area contributed by atoms with Crippen LogP contribution < -0.4 is 0 Å². The lowest BCUT2D eigenvalue weighted by Crippen LogP contribution is -2.47. The van der Waals surface area contributed by atoms with Crippen LogP contribution in [-0.2, 0) is 6.54 Å². The highest BCUT2D eigenvalue weighted by atomic mass is 19.1. The summed E-state index contributed by atoms with van der Waals surface area (Å²) in [5.74, 6) is -0.257. The molecule has 2 heterocycles. The number of aromatic nitrogens is 1. The van der Waals surface area contributed by atoms with Gasteiger partial charge in [-0.25, -0.2) is 4.39 Å². The Morgan fingerprint density at radius 2 is 1.92 bits per heavy atom. The molecular formula is C19H24FN3O. The largest absolute Gasteiger partial charge is 0.387 e. The second kappa shape index (κ2) is 7.83. The number of aliphatic hydroxyl groups excluding tert-OH is 1. The van der Waals surface area contributed by atoms with Crippen LogP contribution in [0.4, 0.5) is 4.39 Å². The molecule has 4 nitrogen and oxygen atoms in total. The van der Waals surface area contributed by atoms with E-state index < -0.39 is 6.10 Å². The number of hydrogen-bond donors (Lipinski definition) is 1. The highest BCUT2D eigenvalue weighted by Gasteiger charge is 2.20. The first-order valence-corrected chi connectivity index (χ1v) is 8.39. The van der Waals surface area contributed by atoms with Gasteiger partial charge in [0.05, 0.1) is 6.10 Å². The predicted molar refractivity (Wildman–Crippen MR) is 92.1 cm³/mol. The number of benzene rings is 1. The molecule has 128 valence electrons. The van der Waals surface area contributed by atoms with E-state index >= 15 is 0 Å². The van der Waals surface area contributed by atoms with E-state index in [-0.39, 0.29) is 5.82 Å². The first-order valence-electron chi connectivity index (χ1n) is 8.39. The number of nitrogens with zero attached hydrogens (tertiary/aromatic N) is 3. The van der Waals surface area contributed by atoms with Crippen LogP contribution in [0.3, 0.4) is 0 Å². The summed E-state index contributed by atoms with van der Waals surface area (Å²) in [5.41, 5.74) is 2.85. The first kappa shape index (κ1) is 17.0. The summed E-state index contributed by atoms with van der Waals surface area (Å²) in [6.07, 6.45) is 3.13. The molecule has 1 aromatic heterocycles. The molecular weight excluding hydrogens is 305 g/mol. The summed E-state index contributed by atoms with van der Waals surface area (Å²) in [5, 5.41) is 10.5. The SMILES string of the molecule is Cc1cc(F)ccc1C(O)CN1CCN(Cc2cccnc2)CC1. The van der Waals surface area contributed by atoms with Gasteiger partial charge in [-0.2, -0.15) is 0 Å². The molecule has 0 bridgehead atoms. The van der Waals surface area contributed by atoms with Gasteiger partial charge in [0, 0.05) is 51.7 Å². The maximum absolute atomic E-state index is 13.2. The fourth-order valence-corrected chi connectivity index (χ4v) is 3.24. The third-order valence-electron chi connectivity index (χ3n) is 4.62. The molecule has 2 aromatic rings. The topological polar surface area (TPSA) is 39.6 Å². The molecule has 3 rings (SSSR count). The van der Waals surface area contributed by atoms with Crippen LogP contribution in [0.5, 0.6) is 0 Å². The second-order valence-corrected chi connectivity index (χ2v) is 6.45. The van der Waals surface area contributed by atoms with Crippen LogP contribution >= 0.6 is 0 Å². The van der Waals surface area contributed by atoms with Gasteiger partial charge in [-0.05, 0) is 41.8 Å². The van der Waals surface area contributed by atoms with Crippen LogP contribution in [0.15, 0.2) is 42.7 Å². The summed E-state index contributed by atoms with van der Waals surface area (Å²) >= 11 is 0. The Kier molecular flexibility index (Phi) is 5.56. The zero-order valence-electron chi connectivity index (χ0n) is 14.0. The van der Waals surface area contributed by atoms with E-state index in [1.807, 2.05) is 19.2 Å². The maximum Gasteiger partial charge on any atom is 0.123 e. The van der Waals surface area contributed by atoms with Crippen LogP contribution in [0, 0.1) is 12.7 Å². The van der Waals surface area contributed by atoms with Crippen LogP contribution in [-0.4, -0.2) is 52.6 Å². The maximum atomic E-state index is 13.2. The number of aryl methyl sites for hydroxylation is 1. The average Bonchev–Trinajstić information content (AvgIpc) is 2.57. The minimum atomic E-state index is -0.574. The van der Waals surface area contributed by atoms with Gasteiger partial charge in [-0.1, -0.05) is 12.1 Å². The molecule has 0 radical (unpaired) electrons. The zero-order valence-corrected chi connectivity index (χ0v) is 14.0. The smallest absolute Gasteiger partial charge is 0.123 e. The lowest BCUT2D eigenvalue weighted by Gasteiger charge is -2.35. The van der Waals surface area contributed by atoms with Gasteiger partial charge in [0.2, 0.25) is 0 Å². The molecule has 0 saturated carbocycles. The van der Waals surface area contributed by atoms with Gasteiger partial charge in [0.15, 0.2) is 0 Å². The van der Waals surface area contributed by atoms with E-state index in [0.717, 1.165) is 43.9 Å². The molecule has 1 fully saturated rings. The van der Waals surface area contributed by atoms with Crippen LogP contribution in [0.2, 0.25) is 0 Å². The standard InChI is InChI=1S/C19H24FN3O/c1-15-11-17(20)4-5-18(15)19(24)14-23-9-7-22(8-10-23)13-16-3-2-6-21-12-16/h2-6,11-12,19,24H,7-10,13-14H2,1H3. The molecule has 5 heteroatoms. The van der Waals surface area contributed by atoms with Crippen molar-refractivity contribution in [1.29, 1.82) is 0 Å². The summed E-state index contributed by atoms with van der Waals surface area (Å²) < 4.78 is 13.2. The minimum absolute atomic E-state index is 0.257. The number of aliphatic hydroxyl groups is 1. The van der Waals surface area contributed by atoms with E-state index in [0.29, 0.717) is 6.54 Å². The van der Waals surface area contributed by atoms with Crippen molar-refractivity contribution in [2.24, 2.45) is 0 Å². The van der Waals surface area contributed by atoms with Gasteiger partial charge in [-0.3, -0.25) is 14.8 Å². The van der Waals surface area contributed by atoms with Crippen molar-refractivity contribution < 1.29 is 9.50 Å². The van der Waals surface area contributed by atoms with Crippen molar-refractivity contribution in [3.05, 3.63) is 65.2 Å². The molecule has 1 aliphatic rings. The van der Waals surface area contributed by atoms with Crippen molar-refractivity contribution >= 4 is 0 Å². The Morgan fingerprint density at radius 3 is 2.58 bits per heavy atom. The summed E-state index contributed by atoms with van der Waals surface area (Å²) in [7, 11) is 0. The Balaban J connectivity index is 1.50. The van der Waals surface area contributed by atoms with E-state index in [1.165, 1.54) is 17.7 Å². The molecule has 24 heavy (non-hydrogen) atoms. The Morgan fingerprint density at radius 1 is 1.17 bits per heavy atom. The van der Waals surface area contributed by atoms with Crippen LogP contribution in [0.25, 0.3) is 0 Å². The fourth-order valence-electron chi connectivity index (χ4n) is 3.24. The van der Waals surface area contributed by atoms with Crippen molar-refractivity contribution in [1.82, 2.24) is 14.8 Å². The van der Waals surface area contributed by atoms with Gasteiger partial charge in [0.25, 0.3) is 0 Å². The third-order valence-corrected chi connectivity index (χ3v) is 4.62. The van der Waals surface area contributed by atoms with Gasteiger partial charge in [0.1, 0.15) is 5.82 Å². The predicted octanol–water partition coefficient (Wildman–Crippen LogP) is 2.38. The Labute approximate surface area is 142 Å². The number of β-amino-alcohol motifs (C(OH)–C–C–N with tert-alkyl or cyclic N) is 1. The zero-order chi connectivity index (χ0) is 16.9. The number of pyridine rings is 1. The molecule has 0 spiro atoms. The monoisotopic (exact) mass is 329 g/mol. The number of piperazine rings is 1. The molecule has 1 atom stereocenters. The first-order chi connectivity index (χ1) is 11.6. The summed E-state index contributed by atoms with van der Waals surface area (Å²) in [6, 6.07) is 8.64. The average molecular weight is 329 g/mol. The van der Waals surface area contributed by atoms with Crippen molar-refractivity contribution in [2.75, 3.05) is 32.7 Å². The number of hydrogen-bond acceptors (Lipinski definition) is 4. The molecule has 1 N–H and O–H groups in total. The minimum Gasteiger partial charge on any atom is -0.387 e. The Bertz CT molecular complexity index is 657. The van der Waals surface area contributed by atoms with Gasteiger partial charge in [-0.15, -0.1) is 0 Å². The quantitative estimate of drug-likeness (QED) is 0.914. The van der Waals surface area contributed by atoms with Crippen LogP contribution in [0.1, 0.15) is 22.8 Å². The normalized spacial score (nSPS) is 17.8. The highest BCUT2D eigenvalue weighted by Crippen LogP contribution is 2.20. The third kappa shape index (κ3) is 4.38. The molecule has 1 saturated heterocycles. The Hall–Kier alpha value is -1.82. The lowest BCUT2D eigenvalue weighted by molar-refractivity contribution is 0.0698. The molecule has 1 aliphatic heterocycles. The lowest BCUT2D eigenvalue weighted by atomic mass is 10.0. The highest BCUT2D eigenvalue weighted by molar-refractivity contribution is 5.28. The summed E-state index contributed by atoms with van der Waals surface area (Å²) in [4.78, 5) is 8.83. The molecule has 1 aromatic carbocycles. The van der Waals surface area contributed by atoms with E-state index in [9.17, 15) is 9.50 Å². The molecule has 1 unspecified atom stereocenters.